The molecule has 2 rings (SSSR count). The molecular formula is C9H5FNO. The lowest BCUT2D eigenvalue weighted by Crippen LogP contribution is -2.04. The third kappa shape index (κ3) is 0.993. The minimum Gasteiger partial charge on any atom is -0.329 e. The predicted molar refractivity (Wildman–Crippen MR) is 43.4 cm³/mol. The molecule has 12 heavy (non-hydrogen) atoms. The molecular weight excluding hydrogens is 157 g/mol. The molecule has 0 saturated heterocycles. The van der Waals surface area contributed by atoms with Gasteiger partial charge in [-0.15, -0.1) is 0 Å². The van der Waals surface area contributed by atoms with E-state index in [2.05, 4.69) is 11.1 Å². The summed E-state index contributed by atoms with van der Waals surface area (Å²) in [5.41, 5.74) is -0.219. The Hall–Kier alpha value is -1.64. The van der Waals surface area contributed by atoms with Crippen LogP contribution in [0.4, 0.5) is 4.39 Å². The van der Waals surface area contributed by atoms with Crippen molar-refractivity contribution < 1.29 is 4.39 Å². The van der Waals surface area contributed by atoms with Crippen LogP contribution in [0.1, 0.15) is 0 Å². The third-order valence-corrected chi connectivity index (χ3v) is 1.67. The molecule has 1 N–H and O–H groups in total. The van der Waals surface area contributed by atoms with E-state index in [9.17, 15) is 9.18 Å². The summed E-state index contributed by atoms with van der Waals surface area (Å²) < 4.78 is 12.6. The zero-order valence-corrected chi connectivity index (χ0v) is 6.10. The quantitative estimate of drug-likeness (QED) is 0.625. The molecule has 1 aromatic heterocycles. The minimum absolute atomic E-state index is 0.219. The second-order valence-electron chi connectivity index (χ2n) is 2.46. The van der Waals surface area contributed by atoms with Crippen molar-refractivity contribution in [3.8, 4) is 0 Å². The van der Waals surface area contributed by atoms with Crippen LogP contribution in [-0.2, 0) is 0 Å². The van der Waals surface area contributed by atoms with E-state index >= 15 is 0 Å². The highest BCUT2D eigenvalue weighted by atomic mass is 19.1. The first-order chi connectivity index (χ1) is 5.77. The summed E-state index contributed by atoms with van der Waals surface area (Å²) >= 11 is 0. The SMILES string of the molecule is O=c1[nH]ccc2cc(F)[c]cc12. The van der Waals surface area contributed by atoms with Crippen molar-refractivity contribution in [2.24, 2.45) is 0 Å². The van der Waals surface area contributed by atoms with Crippen LogP contribution in [0.2, 0.25) is 0 Å². The van der Waals surface area contributed by atoms with Gasteiger partial charge in [-0.05, 0) is 23.6 Å². The Bertz CT molecular complexity index is 475. The van der Waals surface area contributed by atoms with Gasteiger partial charge in [0.2, 0.25) is 0 Å². The molecule has 1 heterocycles. The lowest BCUT2D eigenvalue weighted by atomic mass is 10.2. The Labute approximate surface area is 67.7 Å². The number of hydrogen-bond acceptors (Lipinski definition) is 1. The number of nitrogens with one attached hydrogen (secondary N) is 1. The molecule has 3 heteroatoms. The molecule has 59 valence electrons. The molecule has 0 aliphatic rings. The highest BCUT2D eigenvalue weighted by Crippen LogP contribution is 2.09. The summed E-state index contributed by atoms with van der Waals surface area (Å²) in [6.45, 7) is 0. The fourth-order valence-electron chi connectivity index (χ4n) is 1.10. The maximum atomic E-state index is 12.6. The van der Waals surface area contributed by atoms with Crippen LogP contribution < -0.4 is 5.56 Å². The second kappa shape index (κ2) is 2.44. The maximum Gasteiger partial charge on any atom is 0.255 e. The van der Waals surface area contributed by atoms with Gasteiger partial charge in [-0.2, -0.15) is 0 Å². The topological polar surface area (TPSA) is 32.9 Å². The van der Waals surface area contributed by atoms with Crippen molar-refractivity contribution in [2.45, 2.75) is 0 Å². The van der Waals surface area contributed by atoms with Gasteiger partial charge in [0.25, 0.3) is 5.56 Å². The second-order valence-corrected chi connectivity index (χ2v) is 2.46. The van der Waals surface area contributed by atoms with Gasteiger partial charge in [0.15, 0.2) is 0 Å². The van der Waals surface area contributed by atoms with Crippen molar-refractivity contribution in [1.82, 2.24) is 4.98 Å². The Morgan fingerprint density at radius 2 is 2.33 bits per heavy atom. The first-order valence-corrected chi connectivity index (χ1v) is 3.46. The van der Waals surface area contributed by atoms with Crippen LogP contribution in [-0.4, -0.2) is 4.98 Å². The summed E-state index contributed by atoms with van der Waals surface area (Å²) in [7, 11) is 0. The van der Waals surface area contributed by atoms with E-state index in [1.54, 1.807) is 6.07 Å². The number of benzene rings is 1. The van der Waals surface area contributed by atoms with E-state index in [-0.39, 0.29) is 5.56 Å². The molecule has 0 unspecified atom stereocenters. The number of hydrogen-bond donors (Lipinski definition) is 1. The number of rotatable bonds is 0. The number of fused-ring (bicyclic) bond motifs is 1. The molecule has 0 saturated carbocycles. The van der Waals surface area contributed by atoms with E-state index in [0.29, 0.717) is 10.8 Å². The van der Waals surface area contributed by atoms with Gasteiger partial charge in [-0.1, -0.05) is 0 Å². The summed E-state index contributed by atoms with van der Waals surface area (Å²) in [6, 6.07) is 6.61. The molecule has 1 radical (unpaired) electrons. The Morgan fingerprint density at radius 3 is 3.17 bits per heavy atom. The van der Waals surface area contributed by atoms with Crippen molar-refractivity contribution in [3.63, 3.8) is 0 Å². The number of halogens is 1. The highest BCUT2D eigenvalue weighted by Gasteiger charge is 1.97. The van der Waals surface area contributed by atoms with Crippen LogP contribution in [0.3, 0.4) is 0 Å². The molecule has 2 nitrogen and oxygen atoms in total. The Balaban J connectivity index is 2.96. The van der Waals surface area contributed by atoms with Crippen molar-refractivity contribution in [1.29, 1.82) is 0 Å². The van der Waals surface area contributed by atoms with Crippen LogP contribution in [0.25, 0.3) is 10.8 Å². The largest absolute Gasteiger partial charge is 0.329 e. The van der Waals surface area contributed by atoms with E-state index in [4.69, 9.17) is 0 Å². The zero-order valence-electron chi connectivity index (χ0n) is 6.10. The van der Waals surface area contributed by atoms with Crippen LogP contribution >= 0.6 is 0 Å². The normalized spacial score (nSPS) is 10.4. The zero-order chi connectivity index (χ0) is 8.55. The van der Waals surface area contributed by atoms with E-state index in [1.807, 2.05) is 0 Å². The fourth-order valence-corrected chi connectivity index (χ4v) is 1.10. The van der Waals surface area contributed by atoms with Crippen LogP contribution in [0, 0.1) is 11.9 Å². The predicted octanol–water partition coefficient (Wildman–Crippen LogP) is 1.47. The van der Waals surface area contributed by atoms with Crippen molar-refractivity contribution in [2.75, 3.05) is 0 Å². The van der Waals surface area contributed by atoms with Crippen molar-refractivity contribution in [3.05, 3.63) is 46.6 Å². The first kappa shape index (κ1) is 7.03. The summed E-state index contributed by atoms with van der Waals surface area (Å²) in [4.78, 5) is 13.6. The van der Waals surface area contributed by atoms with E-state index in [0.717, 1.165) is 0 Å². The monoisotopic (exact) mass is 162 g/mol. The third-order valence-electron chi connectivity index (χ3n) is 1.67. The van der Waals surface area contributed by atoms with Gasteiger partial charge >= 0.3 is 0 Å². The molecule has 0 fully saturated rings. The summed E-state index contributed by atoms with van der Waals surface area (Å²) in [5, 5.41) is 1.05. The smallest absolute Gasteiger partial charge is 0.255 e. The van der Waals surface area contributed by atoms with Crippen molar-refractivity contribution >= 4 is 10.8 Å². The summed E-state index contributed by atoms with van der Waals surface area (Å²) in [5.74, 6) is -0.451. The molecule has 0 spiro atoms. The van der Waals surface area contributed by atoms with Gasteiger partial charge in [0, 0.05) is 17.6 Å². The highest BCUT2D eigenvalue weighted by molar-refractivity contribution is 5.80. The van der Waals surface area contributed by atoms with Gasteiger partial charge < -0.3 is 4.98 Å². The van der Waals surface area contributed by atoms with Gasteiger partial charge in [-0.25, -0.2) is 4.39 Å². The average Bonchev–Trinajstić information content (AvgIpc) is 2.04. The van der Waals surface area contributed by atoms with Gasteiger partial charge in [0.05, 0.1) is 0 Å². The number of aromatic amines is 1. The van der Waals surface area contributed by atoms with Crippen LogP contribution in [0.15, 0.2) is 29.2 Å². The van der Waals surface area contributed by atoms with Gasteiger partial charge in [-0.3, -0.25) is 4.79 Å². The number of H-pyrrole nitrogens is 1. The number of aromatic nitrogens is 1. The number of pyridine rings is 1. The average molecular weight is 162 g/mol. The molecule has 0 amide bonds. The Kier molecular flexibility index (Phi) is 1.43. The first-order valence-electron chi connectivity index (χ1n) is 3.46. The lowest BCUT2D eigenvalue weighted by molar-refractivity contribution is 0.627. The lowest BCUT2D eigenvalue weighted by Gasteiger charge is -1.93. The molecule has 0 aliphatic heterocycles. The molecule has 1 aromatic carbocycles. The van der Waals surface area contributed by atoms with E-state index in [1.165, 1.54) is 18.3 Å². The molecule has 0 aliphatic carbocycles. The standard InChI is InChI=1S/C9H5FNO/c10-7-1-2-8-6(5-7)3-4-11-9(8)12/h2-5H,(H,11,12). The Morgan fingerprint density at radius 1 is 1.50 bits per heavy atom. The molecule has 0 bridgehead atoms. The molecule has 2 aromatic rings. The van der Waals surface area contributed by atoms with Crippen LogP contribution in [0.5, 0.6) is 0 Å². The minimum atomic E-state index is -0.451. The molecule has 0 atom stereocenters. The van der Waals surface area contributed by atoms with Gasteiger partial charge in [0.1, 0.15) is 5.82 Å². The maximum absolute atomic E-state index is 12.6. The van der Waals surface area contributed by atoms with E-state index < -0.39 is 5.82 Å². The fraction of sp³-hybridized carbons (Fsp3) is 0. The summed E-state index contributed by atoms with van der Waals surface area (Å²) in [6.07, 6.45) is 1.49.